The Labute approximate surface area is 221 Å². The summed E-state index contributed by atoms with van der Waals surface area (Å²) in [5.41, 5.74) is 9.08. The van der Waals surface area contributed by atoms with E-state index in [0.717, 1.165) is 31.5 Å². The van der Waals surface area contributed by atoms with E-state index < -0.39 is 0 Å². The lowest BCUT2D eigenvalue weighted by atomic mass is 10.0. The number of imidazole rings is 1. The van der Waals surface area contributed by atoms with Gasteiger partial charge in [-0.05, 0) is 74.5 Å². The van der Waals surface area contributed by atoms with Crippen molar-refractivity contribution < 1.29 is 4.79 Å². The molecule has 4 aromatic rings. The van der Waals surface area contributed by atoms with E-state index >= 15 is 0 Å². The van der Waals surface area contributed by atoms with E-state index in [4.69, 9.17) is 10.7 Å². The first kappa shape index (κ1) is 25.1. The number of benzene rings is 2. The molecule has 0 fully saturated rings. The summed E-state index contributed by atoms with van der Waals surface area (Å²) in [7, 11) is 0. The third-order valence-electron chi connectivity index (χ3n) is 5.82. The Morgan fingerprint density at radius 2 is 1.82 bits per heavy atom. The second-order valence-electron chi connectivity index (χ2n) is 8.59. The highest BCUT2D eigenvalue weighted by Crippen LogP contribution is 2.37. The van der Waals surface area contributed by atoms with Crippen LogP contribution in [0.25, 0.3) is 11.0 Å². The van der Waals surface area contributed by atoms with Gasteiger partial charge < -0.3 is 15.2 Å². The molecular weight excluding hydrogens is 576 g/mol. The molecule has 2 N–H and O–H groups in total. The van der Waals surface area contributed by atoms with Gasteiger partial charge in [-0.2, -0.15) is 0 Å². The molecule has 178 valence electrons. The average Bonchev–Trinajstić information content (AvgIpc) is 3.36. The molecule has 0 saturated heterocycles. The van der Waals surface area contributed by atoms with E-state index in [9.17, 15) is 4.79 Å². The molecule has 0 aliphatic heterocycles. The molecule has 2 heterocycles. The minimum atomic E-state index is -0.199. The molecule has 2 aromatic heterocycles. The largest absolute Gasteiger partial charge is 0.330 e. The number of hydrogen-bond acceptors (Lipinski definition) is 4. The number of thiophene rings is 1. The van der Waals surface area contributed by atoms with Gasteiger partial charge in [-0.25, -0.2) is 4.98 Å². The number of nitrogens with two attached hydrogens (primary N) is 1. The number of aromatic nitrogens is 2. The van der Waals surface area contributed by atoms with Crippen LogP contribution >= 0.6 is 43.2 Å². The van der Waals surface area contributed by atoms with Crippen LogP contribution in [0, 0.1) is 5.92 Å². The molecule has 1 amide bonds. The predicted octanol–water partition coefficient (Wildman–Crippen LogP) is 6.86. The summed E-state index contributed by atoms with van der Waals surface area (Å²) in [6.45, 7) is 6.08. The van der Waals surface area contributed by atoms with Crippen molar-refractivity contribution in [2.45, 2.75) is 32.9 Å². The minimum Gasteiger partial charge on any atom is -0.330 e. The molecule has 1 atom stereocenters. The fraction of sp³-hybridized carbons (Fsp3) is 0.308. The Balaban J connectivity index is 1.84. The number of halogens is 2. The van der Waals surface area contributed by atoms with E-state index in [1.165, 1.54) is 16.9 Å². The quantitative estimate of drug-likeness (QED) is 0.227. The number of fused-ring (bicyclic) bond motifs is 1. The zero-order valence-electron chi connectivity index (χ0n) is 19.2. The first-order valence-electron chi connectivity index (χ1n) is 11.4. The summed E-state index contributed by atoms with van der Waals surface area (Å²) in [5, 5.41) is 0. The maximum absolute atomic E-state index is 13.8. The Morgan fingerprint density at radius 3 is 2.47 bits per heavy atom. The van der Waals surface area contributed by atoms with Crippen molar-refractivity contribution in [2.75, 3.05) is 13.1 Å². The fourth-order valence-electron chi connectivity index (χ4n) is 4.27. The van der Waals surface area contributed by atoms with Crippen molar-refractivity contribution in [2.24, 2.45) is 11.7 Å². The lowest BCUT2D eigenvalue weighted by Crippen LogP contribution is -2.40. The fourth-order valence-corrected chi connectivity index (χ4v) is 6.26. The summed E-state index contributed by atoms with van der Waals surface area (Å²) in [6, 6.07) is 20.3. The van der Waals surface area contributed by atoms with Gasteiger partial charge in [-0.3, -0.25) is 4.79 Å². The van der Waals surface area contributed by atoms with Crippen molar-refractivity contribution >= 4 is 60.1 Å². The molecule has 0 radical (unpaired) electrons. The molecule has 0 unspecified atom stereocenters. The van der Waals surface area contributed by atoms with E-state index in [2.05, 4.69) is 80.6 Å². The summed E-state index contributed by atoms with van der Waals surface area (Å²) in [5.74, 6) is 1.06. The summed E-state index contributed by atoms with van der Waals surface area (Å²) < 4.78 is 4.06. The van der Waals surface area contributed by atoms with Crippen molar-refractivity contribution in [1.29, 1.82) is 0 Å². The molecule has 8 heteroatoms. The van der Waals surface area contributed by atoms with Crippen LogP contribution in [0.1, 0.15) is 47.4 Å². The van der Waals surface area contributed by atoms with Gasteiger partial charge in [0.05, 0.1) is 25.7 Å². The Bertz CT molecular complexity index is 1250. The van der Waals surface area contributed by atoms with Crippen LogP contribution in [-0.2, 0) is 6.54 Å². The van der Waals surface area contributed by atoms with Crippen LogP contribution in [-0.4, -0.2) is 33.4 Å². The van der Waals surface area contributed by atoms with E-state index in [1.54, 1.807) is 0 Å². The molecular formula is C26H28Br2N4OS. The standard InChI is InChI=1S/C26H28Br2N4OS/c1-17(2)23(31(14-8-13-29)26(33)22-15-19(27)24(28)34-22)25-30-20-11-6-7-12-21(20)32(25)16-18-9-4-3-5-10-18/h3-7,9-12,15,17,23H,8,13-14,16,29H2,1-2H3/t23-/m1/s1. The van der Waals surface area contributed by atoms with Gasteiger partial charge in [0, 0.05) is 17.6 Å². The molecule has 4 rings (SSSR count). The number of rotatable bonds is 9. The van der Waals surface area contributed by atoms with Crippen LogP contribution in [0.5, 0.6) is 0 Å². The predicted molar refractivity (Wildman–Crippen MR) is 147 cm³/mol. The zero-order valence-corrected chi connectivity index (χ0v) is 23.2. The number of para-hydroxylation sites is 2. The van der Waals surface area contributed by atoms with Crippen LogP contribution < -0.4 is 5.73 Å². The first-order valence-corrected chi connectivity index (χ1v) is 13.8. The summed E-state index contributed by atoms with van der Waals surface area (Å²) in [6.07, 6.45) is 0.724. The topological polar surface area (TPSA) is 64.2 Å². The highest BCUT2D eigenvalue weighted by Gasteiger charge is 2.33. The SMILES string of the molecule is CC(C)[C@H](c1nc2ccccc2n1Cc1ccccc1)N(CCCN)C(=O)c1cc(Br)c(Br)s1. The molecule has 0 bridgehead atoms. The number of hydrogen-bond donors (Lipinski definition) is 1. The van der Waals surface area contributed by atoms with Gasteiger partial charge in [-0.15, -0.1) is 11.3 Å². The van der Waals surface area contributed by atoms with Crippen molar-refractivity contribution in [1.82, 2.24) is 14.5 Å². The van der Waals surface area contributed by atoms with Gasteiger partial charge in [0.2, 0.25) is 0 Å². The van der Waals surface area contributed by atoms with Gasteiger partial charge >= 0.3 is 0 Å². The molecule has 34 heavy (non-hydrogen) atoms. The second-order valence-corrected chi connectivity index (χ2v) is 11.8. The van der Waals surface area contributed by atoms with Crippen LogP contribution in [0.15, 0.2) is 68.9 Å². The van der Waals surface area contributed by atoms with E-state index in [1.807, 2.05) is 35.2 Å². The summed E-state index contributed by atoms with van der Waals surface area (Å²) in [4.78, 5) is 21.6. The minimum absolute atomic E-state index is 0.00173. The number of amides is 1. The number of carbonyl (C=O) groups is 1. The molecule has 2 aromatic carbocycles. The number of carbonyl (C=O) groups excluding carboxylic acids is 1. The van der Waals surface area contributed by atoms with Crippen LogP contribution in [0.4, 0.5) is 0 Å². The van der Waals surface area contributed by atoms with Crippen molar-refractivity contribution in [3.05, 3.63) is 85.2 Å². The van der Waals surface area contributed by atoms with E-state index in [0.29, 0.717) is 24.5 Å². The number of nitrogens with zero attached hydrogens (tertiary/aromatic N) is 3. The Hall–Kier alpha value is -2.00. The second kappa shape index (κ2) is 11.2. The lowest BCUT2D eigenvalue weighted by Gasteiger charge is -2.34. The lowest BCUT2D eigenvalue weighted by molar-refractivity contribution is 0.0610. The third-order valence-corrected chi connectivity index (χ3v) is 9.06. The molecule has 0 saturated carbocycles. The van der Waals surface area contributed by atoms with Gasteiger partial charge in [0.25, 0.3) is 5.91 Å². The highest BCUT2D eigenvalue weighted by atomic mass is 79.9. The molecule has 5 nitrogen and oxygen atoms in total. The monoisotopic (exact) mass is 602 g/mol. The van der Waals surface area contributed by atoms with Crippen molar-refractivity contribution in [3.63, 3.8) is 0 Å². The maximum atomic E-state index is 13.8. The van der Waals surface area contributed by atoms with Crippen molar-refractivity contribution in [3.8, 4) is 0 Å². The molecule has 0 aliphatic rings. The average molecular weight is 604 g/mol. The maximum Gasteiger partial charge on any atom is 0.264 e. The van der Waals surface area contributed by atoms with E-state index in [-0.39, 0.29) is 17.9 Å². The Kier molecular flexibility index (Phi) is 8.24. The van der Waals surface area contributed by atoms with Gasteiger partial charge in [0.1, 0.15) is 5.82 Å². The third kappa shape index (κ3) is 5.30. The zero-order chi connectivity index (χ0) is 24.2. The van der Waals surface area contributed by atoms with Crippen LogP contribution in [0.3, 0.4) is 0 Å². The van der Waals surface area contributed by atoms with Crippen LogP contribution in [0.2, 0.25) is 0 Å². The van der Waals surface area contributed by atoms with Gasteiger partial charge in [0.15, 0.2) is 0 Å². The van der Waals surface area contributed by atoms with Gasteiger partial charge in [-0.1, -0.05) is 56.3 Å². The first-order chi connectivity index (χ1) is 16.4. The normalized spacial score (nSPS) is 12.4. The summed E-state index contributed by atoms with van der Waals surface area (Å²) >= 11 is 8.50. The molecule has 0 aliphatic carbocycles. The smallest absolute Gasteiger partial charge is 0.264 e. The molecule has 0 spiro atoms. The Morgan fingerprint density at radius 1 is 1.12 bits per heavy atom. The highest BCUT2D eigenvalue weighted by molar-refractivity contribution is 9.13.